The van der Waals surface area contributed by atoms with Crippen LogP contribution in [-0.4, -0.2) is 27.5 Å². The third-order valence-electron chi connectivity index (χ3n) is 3.84. The van der Waals surface area contributed by atoms with Gasteiger partial charge in [0.2, 0.25) is 0 Å². The van der Waals surface area contributed by atoms with E-state index >= 15 is 0 Å². The third kappa shape index (κ3) is 3.26. The average molecular weight is 271 g/mol. The highest BCUT2D eigenvalue weighted by Gasteiger charge is 2.30. The zero-order valence-electron chi connectivity index (χ0n) is 11.6. The Balaban J connectivity index is 1.59. The molecule has 1 atom stereocenters. The molecule has 1 heterocycles. The topological polar surface area (TPSA) is 50.1 Å². The molecule has 3 rings (SSSR count). The second kappa shape index (κ2) is 6.20. The predicted molar refractivity (Wildman–Crippen MR) is 78.6 cm³/mol. The Morgan fingerprint density at radius 3 is 2.75 bits per heavy atom. The van der Waals surface area contributed by atoms with E-state index in [0.29, 0.717) is 6.04 Å². The fourth-order valence-corrected chi connectivity index (χ4v) is 2.56. The minimum Gasteiger partial charge on any atom is -0.396 e. The number of hydrogen-bond donors (Lipinski definition) is 2. The molecule has 20 heavy (non-hydrogen) atoms. The Kier molecular flexibility index (Phi) is 4.14. The summed E-state index contributed by atoms with van der Waals surface area (Å²) in [6.45, 7) is 1.02. The summed E-state index contributed by atoms with van der Waals surface area (Å²) < 4.78 is 1.90. The molecule has 1 aromatic heterocycles. The summed E-state index contributed by atoms with van der Waals surface area (Å²) in [7, 11) is 0. The molecule has 0 radical (unpaired) electrons. The smallest absolute Gasteiger partial charge is 0.0766 e. The summed E-state index contributed by atoms with van der Waals surface area (Å²) in [4.78, 5) is 0. The van der Waals surface area contributed by atoms with E-state index in [-0.39, 0.29) is 6.61 Å². The Morgan fingerprint density at radius 1 is 1.25 bits per heavy atom. The summed E-state index contributed by atoms with van der Waals surface area (Å²) in [5.41, 5.74) is 2.12. The number of nitrogens with one attached hydrogen (secondary N) is 1. The Hall–Kier alpha value is -1.65. The number of aliphatic hydroxyl groups is 1. The summed E-state index contributed by atoms with van der Waals surface area (Å²) in [6.07, 6.45) is 5.40. The fourth-order valence-electron chi connectivity index (χ4n) is 2.56. The molecule has 1 fully saturated rings. The van der Waals surface area contributed by atoms with E-state index < -0.39 is 0 Å². The van der Waals surface area contributed by atoms with Crippen LogP contribution in [-0.2, 0) is 6.54 Å². The van der Waals surface area contributed by atoms with Crippen LogP contribution in [0.2, 0.25) is 0 Å². The number of para-hydroxylation sites is 1. The molecule has 1 aliphatic carbocycles. The van der Waals surface area contributed by atoms with Crippen LogP contribution in [0.25, 0.3) is 5.69 Å². The number of nitrogens with zero attached hydrogens (tertiary/aromatic N) is 2. The van der Waals surface area contributed by atoms with E-state index in [1.54, 1.807) is 0 Å². The lowest BCUT2D eigenvalue weighted by molar-refractivity contribution is 0.255. The SMILES string of the molecule is OCCC(NCc1ccn(-c2ccccc2)n1)C1CC1. The molecule has 4 nitrogen and oxygen atoms in total. The number of hydrogen-bond acceptors (Lipinski definition) is 3. The molecule has 0 aliphatic heterocycles. The highest BCUT2D eigenvalue weighted by Crippen LogP contribution is 2.34. The summed E-state index contributed by atoms with van der Waals surface area (Å²) >= 11 is 0. The molecule has 0 saturated heterocycles. The maximum Gasteiger partial charge on any atom is 0.0766 e. The Labute approximate surface area is 119 Å². The Bertz CT molecular complexity index is 534. The van der Waals surface area contributed by atoms with Gasteiger partial charge in [-0.25, -0.2) is 4.68 Å². The molecule has 1 aliphatic rings. The minimum absolute atomic E-state index is 0.257. The predicted octanol–water partition coefficient (Wildman–Crippen LogP) is 2.12. The van der Waals surface area contributed by atoms with Crippen molar-refractivity contribution in [3.63, 3.8) is 0 Å². The molecule has 2 N–H and O–H groups in total. The summed E-state index contributed by atoms with van der Waals surface area (Å²) in [6, 6.07) is 12.6. The second-order valence-corrected chi connectivity index (χ2v) is 5.42. The first-order valence-corrected chi connectivity index (χ1v) is 7.31. The maximum absolute atomic E-state index is 9.10. The molecule has 0 amide bonds. The zero-order valence-corrected chi connectivity index (χ0v) is 11.6. The maximum atomic E-state index is 9.10. The quantitative estimate of drug-likeness (QED) is 0.811. The van der Waals surface area contributed by atoms with Crippen LogP contribution in [0.4, 0.5) is 0 Å². The average Bonchev–Trinajstić information content (AvgIpc) is 3.22. The lowest BCUT2D eigenvalue weighted by atomic mass is 10.1. The number of benzene rings is 1. The first-order chi connectivity index (χ1) is 9.86. The van der Waals surface area contributed by atoms with Crippen LogP contribution < -0.4 is 5.32 Å². The second-order valence-electron chi connectivity index (χ2n) is 5.42. The van der Waals surface area contributed by atoms with E-state index in [2.05, 4.69) is 10.4 Å². The largest absolute Gasteiger partial charge is 0.396 e. The van der Waals surface area contributed by atoms with Crippen molar-refractivity contribution in [3.05, 3.63) is 48.3 Å². The summed E-state index contributed by atoms with van der Waals surface area (Å²) in [5.74, 6) is 0.748. The standard InChI is InChI=1S/C16H21N3O/c20-11-9-16(13-6-7-13)17-12-14-8-10-19(18-14)15-4-2-1-3-5-15/h1-5,8,10,13,16-17,20H,6-7,9,11-12H2. The van der Waals surface area contributed by atoms with Crippen LogP contribution in [0.15, 0.2) is 42.6 Å². The summed E-state index contributed by atoms with van der Waals surface area (Å²) in [5, 5.41) is 17.2. The zero-order chi connectivity index (χ0) is 13.8. The van der Waals surface area contributed by atoms with Crippen LogP contribution >= 0.6 is 0 Å². The van der Waals surface area contributed by atoms with Gasteiger partial charge in [0, 0.05) is 25.4 Å². The monoisotopic (exact) mass is 271 g/mol. The van der Waals surface area contributed by atoms with Crippen molar-refractivity contribution in [2.75, 3.05) is 6.61 Å². The van der Waals surface area contributed by atoms with Crippen molar-refractivity contribution >= 4 is 0 Å². The molecule has 1 aromatic carbocycles. The van der Waals surface area contributed by atoms with Gasteiger partial charge in [0.05, 0.1) is 11.4 Å². The van der Waals surface area contributed by atoms with Crippen LogP contribution in [0.1, 0.15) is 25.0 Å². The highest BCUT2D eigenvalue weighted by molar-refractivity contribution is 5.30. The lowest BCUT2D eigenvalue weighted by Crippen LogP contribution is -2.31. The molecular formula is C16H21N3O. The van der Waals surface area contributed by atoms with Crippen molar-refractivity contribution in [1.29, 1.82) is 0 Å². The van der Waals surface area contributed by atoms with E-state index in [0.717, 1.165) is 30.3 Å². The number of rotatable bonds is 7. The first-order valence-electron chi connectivity index (χ1n) is 7.31. The molecule has 1 saturated carbocycles. The fraction of sp³-hybridized carbons (Fsp3) is 0.438. The molecule has 4 heteroatoms. The molecular weight excluding hydrogens is 250 g/mol. The molecule has 106 valence electrons. The van der Waals surface area contributed by atoms with Crippen molar-refractivity contribution in [3.8, 4) is 5.69 Å². The van der Waals surface area contributed by atoms with Gasteiger partial charge in [0.25, 0.3) is 0 Å². The van der Waals surface area contributed by atoms with Gasteiger partial charge in [0.1, 0.15) is 0 Å². The van der Waals surface area contributed by atoms with Gasteiger partial charge in [-0.05, 0) is 43.4 Å². The number of aliphatic hydroxyl groups excluding tert-OH is 1. The van der Waals surface area contributed by atoms with Gasteiger partial charge in [-0.1, -0.05) is 18.2 Å². The normalized spacial score (nSPS) is 16.2. The van der Waals surface area contributed by atoms with Gasteiger partial charge in [0.15, 0.2) is 0 Å². The third-order valence-corrected chi connectivity index (χ3v) is 3.84. The van der Waals surface area contributed by atoms with E-state index in [1.807, 2.05) is 47.3 Å². The van der Waals surface area contributed by atoms with Crippen LogP contribution in [0.3, 0.4) is 0 Å². The van der Waals surface area contributed by atoms with Gasteiger partial charge < -0.3 is 10.4 Å². The highest BCUT2D eigenvalue weighted by atomic mass is 16.3. The van der Waals surface area contributed by atoms with Crippen LogP contribution in [0, 0.1) is 5.92 Å². The van der Waals surface area contributed by atoms with Crippen molar-refractivity contribution in [2.45, 2.75) is 31.8 Å². The lowest BCUT2D eigenvalue weighted by Gasteiger charge is -2.16. The van der Waals surface area contributed by atoms with E-state index in [4.69, 9.17) is 5.11 Å². The molecule has 1 unspecified atom stereocenters. The van der Waals surface area contributed by atoms with E-state index in [9.17, 15) is 0 Å². The van der Waals surface area contributed by atoms with Gasteiger partial charge in [-0.15, -0.1) is 0 Å². The molecule has 2 aromatic rings. The van der Waals surface area contributed by atoms with Gasteiger partial charge >= 0.3 is 0 Å². The van der Waals surface area contributed by atoms with Gasteiger partial charge in [-0.3, -0.25) is 0 Å². The van der Waals surface area contributed by atoms with Crippen molar-refractivity contribution in [1.82, 2.24) is 15.1 Å². The molecule has 0 bridgehead atoms. The minimum atomic E-state index is 0.257. The molecule has 0 spiro atoms. The van der Waals surface area contributed by atoms with Crippen LogP contribution in [0.5, 0.6) is 0 Å². The van der Waals surface area contributed by atoms with Crippen molar-refractivity contribution in [2.24, 2.45) is 5.92 Å². The first kappa shape index (κ1) is 13.3. The van der Waals surface area contributed by atoms with Crippen molar-refractivity contribution < 1.29 is 5.11 Å². The van der Waals surface area contributed by atoms with E-state index in [1.165, 1.54) is 12.8 Å². The van der Waals surface area contributed by atoms with Gasteiger partial charge in [-0.2, -0.15) is 5.10 Å². The Morgan fingerprint density at radius 2 is 2.05 bits per heavy atom. The number of aromatic nitrogens is 2.